The smallest absolute Gasteiger partial charge is 0.303 e. The number of sulfone groups is 1. The topological polar surface area (TPSA) is 104 Å². The highest BCUT2D eigenvalue weighted by molar-refractivity contribution is 7.92. The van der Waals surface area contributed by atoms with E-state index in [1.54, 1.807) is 49.4 Å². The van der Waals surface area contributed by atoms with Crippen LogP contribution >= 0.6 is 0 Å². The lowest BCUT2D eigenvalue weighted by atomic mass is 9.70. The molecular weight excluding hydrogens is 504 g/mol. The first kappa shape index (κ1) is 31.2. The molecule has 0 saturated heterocycles. The van der Waals surface area contributed by atoms with E-state index in [9.17, 15) is 22.8 Å². The lowest BCUT2D eigenvalue weighted by Gasteiger charge is -2.38. The molecule has 8 heteroatoms. The second-order valence-electron chi connectivity index (χ2n) is 10.6. The van der Waals surface area contributed by atoms with E-state index in [0.717, 1.165) is 11.1 Å². The summed E-state index contributed by atoms with van der Waals surface area (Å²) in [6.07, 6.45) is 4.36. The molecule has 0 heterocycles. The lowest BCUT2D eigenvalue weighted by molar-refractivity contribution is -0.144. The van der Waals surface area contributed by atoms with Crippen molar-refractivity contribution < 1.29 is 32.3 Å². The summed E-state index contributed by atoms with van der Waals surface area (Å²) in [5.74, 6) is -0.876. The van der Waals surface area contributed by atoms with Gasteiger partial charge in [-0.05, 0) is 74.5 Å². The van der Waals surface area contributed by atoms with Crippen LogP contribution in [0.15, 0.2) is 69.7 Å². The van der Waals surface area contributed by atoms with Crippen molar-refractivity contribution in [2.24, 2.45) is 5.41 Å². The first-order chi connectivity index (χ1) is 17.6. The van der Waals surface area contributed by atoms with E-state index < -0.39 is 32.6 Å². The van der Waals surface area contributed by atoms with Gasteiger partial charge in [0.25, 0.3) is 0 Å². The normalized spacial score (nSPS) is 18.1. The molecule has 1 aliphatic carbocycles. The van der Waals surface area contributed by atoms with Crippen LogP contribution in [0.25, 0.3) is 0 Å². The molecule has 1 aliphatic rings. The Morgan fingerprint density at radius 3 is 2.21 bits per heavy atom. The van der Waals surface area contributed by atoms with Crippen LogP contribution in [0.4, 0.5) is 0 Å². The number of carbonyl (C=O) groups is 3. The molecule has 0 radical (unpaired) electrons. The van der Waals surface area contributed by atoms with Crippen molar-refractivity contribution in [2.45, 2.75) is 90.4 Å². The second-order valence-corrected chi connectivity index (χ2v) is 12.7. The molecule has 0 aliphatic heterocycles. The molecule has 0 bridgehead atoms. The Morgan fingerprint density at radius 2 is 1.63 bits per heavy atom. The van der Waals surface area contributed by atoms with E-state index in [4.69, 9.17) is 9.47 Å². The molecule has 0 amide bonds. The summed E-state index contributed by atoms with van der Waals surface area (Å²) in [5.41, 5.74) is 2.26. The van der Waals surface area contributed by atoms with Crippen LogP contribution in [-0.2, 0) is 33.7 Å². The van der Waals surface area contributed by atoms with Crippen LogP contribution < -0.4 is 0 Å². The molecule has 1 aromatic rings. The number of ether oxygens (including phenoxy) is 2. The first-order valence-corrected chi connectivity index (χ1v) is 14.4. The van der Waals surface area contributed by atoms with Gasteiger partial charge in [-0.3, -0.25) is 14.4 Å². The van der Waals surface area contributed by atoms with Crippen LogP contribution in [0, 0.1) is 5.41 Å². The Kier molecular flexibility index (Phi) is 10.8. The van der Waals surface area contributed by atoms with E-state index in [-0.39, 0.29) is 29.7 Å². The monoisotopic (exact) mass is 544 g/mol. The Bertz CT molecular complexity index is 1230. The maximum atomic E-state index is 14.0. The van der Waals surface area contributed by atoms with Crippen LogP contribution in [0.5, 0.6) is 0 Å². The summed E-state index contributed by atoms with van der Waals surface area (Å²) >= 11 is 0. The zero-order chi connectivity index (χ0) is 28.7. The number of allylic oxidation sites excluding steroid dienone is 2. The minimum Gasteiger partial charge on any atom is -0.462 e. The summed E-state index contributed by atoms with van der Waals surface area (Å²) in [5, 5.41) is -0.945. The molecular formula is C30H40O7S. The Hall–Kier alpha value is -3.00. The molecule has 0 N–H and O–H groups in total. The van der Waals surface area contributed by atoms with E-state index in [2.05, 4.69) is 0 Å². The average molecular weight is 545 g/mol. The number of benzene rings is 1. The van der Waals surface area contributed by atoms with E-state index in [1.807, 2.05) is 27.7 Å². The molecule has 208 valence electrons. The predicted molar refractivity (Wildman–Crippen MR) is 147 cm³/mol. The van der Waals surface area contributed by atoms with Gasteiger partial charge < -0.3 is 9.47 Å². The third-order valence-corrected chi connectivity index (χ3v) is 8.91. The van der Waals surface area contributed by atoms with Gasteiger partial charge in [0.1, 0.15) is 12.7 Å². The summed E-state index contributed by atoms with van der Waals surface area (Å²) in [6.45, 7) is 12.1. The number of hydrogen-bond acceptors (Lipinski definition) is 7. The largest absolute Gasteiger partial charge is 0.462 e. The van der Waals surface area contributed by atoms with Crippen LogP contribution in [0.3, 0.4) is 0 Å². The highest BCUT2D eigenvalue weighted by atomic mass is 32.2. The average Bonchev–Trinajstić information content (AvgIpc) is 2.80. The van der Waals surface area contributed by atoms with Gasteiger partial charge in [0.15, 0.2) is 15.6 Å². The van der Waals surface area contributed by atoms with Gasteiger partial charge in [-0.25, -0.2) is 8.42 Å². The highest BCUT2D eigenvalue weighted by Gasteiger charge is 2.42. The summed E-state index contributed by atoms with van der Waals surface area (Å²) < 4.78 is 38.5. The van der Waals surface area contributed by atoms with Gasteiger partial charge in [0, 0.05) is 26.7 Å². The van der Waals surface area contributed by atoms with E-state index in [1.165, 1.54) is 13.8 Å². The second kappa shape index (κ2) is 13.2. The number of hydrogen-bond donors (Lipinski definition) is 0. The van der Waals surface area contributed by atoms with Crippen molar-refractivity contribution in [1.29, 1.82) is 0 Å². The molecule has 38 heavy (non-hydrogen) atoms. The fourth-order valence-corrected chi connectivity index (χ4v) is 7.11. The molecule has 1 aromatic carbocycles. The predicted octanol–water partition coefficient (Wildman–Crippen LogP) is 5.70. The van der Waals surface area contributed by atoms with Crippen molar-refractivity contribution in [3.05, 3.63) is 64.8 Å². The number of rotatable bonds is 11. The summed E-state index contributed by atoms with van der Waals surface area (Å²) in [4.78, 5) is 35.8. The van der Waals surface area contributed by atoms with Gasteiger partial charge in [-0.2, -0.15) is 0 Å². The zero-order valence-corrected chi connectivity index (χ0v) is 24.3. The molecule has 0 saturated carbocycles. The van der Waals surface area contributed by atoms with Gasteiger partial charge in [-0.1, -0.05) is 43.2 Å². The van der Waals surface area contributed by atoms with Gasteiger partial charge >= 0.3 is 11.9 Å². The first-order valence-electron chi connectivity index (χ1n) is 12.8. The fraction of sp³-hybridized carbons (Fsp3) is 0.500. The number of carbonyl (C=O) groups excluding carboxylic acids is 3. The van der Waals surface area contributed by atoms with Crippen molar-refractivity contribution in [2.75, 3.05) is 6.61 Å². The lowest BCUT2D eigenvalue weighted by Crippen LogP contribution is -2.37. The van der Waals surface area contributed by atoms with Crippen molar-refractivity contribution in [1.82, 2.24) is 0 Å². The third kappa shape index (κ3) is 8.51. The number of Topliss-reactive ketones (excluding diaryl/α,β-unsaturated/α-hetero) is 1. The molecule has 2 rings (SSSR count). The number of esters is 2. The minimum absolute atomic E-state index is 0.0273. The van der Waals surface area contributed by atoms with Crippen molar-refractivity contribution >= 4 is 27.6 Å². The maximum absolute atomic E-state index is 14.0. The Morgan fingerprint density at radius 1 is 1.00 bits per heavy atom. The molecule has 2 unspecified atom stereocenters. The van der Waals surface area contributed by atoms with E-state index >= 15 is 0 Å². The molecule has 0 spiro atoms. The number of ketones is 1. The van der Waals surface area contributed by atoms with Crippen molar-refractivity contribution in [3.8, 4) is 0 Å². The zero-order valence-electron chi connectivity index (χ0n) is 23.5. The molecule has 7 nitrogen and oxygen atoms in total. The summed E-state index contributed by atoms with van der Waals surface area (Å²) in [7, 11) is -3.84. The molecule has 2 atom stereocenters. The Labute approximate surface area is 226 Å². The van der Waals surface area contributed by atoms with Crippen molar-refractivity contribution in [3.63, 3.8) is 0 Å². The van der Waals surface area contributed by atoms with Crippen LogP contribution in [0.2, 0.25) is 0 Å². The minimum atomic E-state index is -3.84. The quantitative estimate of drug-likeness (QED) is 0.260. The van der Waals surface area contributed by atoms with Gasteiger partial charge in [0.05, 0.1) is 10.1 Å². The Balaban J connectivity index is 2.51. The molecule has 0 aromatic heterocycles. The van der Waals surface area contributed by atoms with Gasteiger partial charge in [-0.15, -0.1) is 0 Å². The summed E-state index contributed by atoms with van der Waals surface area (Å²) in [6, 6.07) is 8.29. The third-order valence-electron chi connectivity index (χ3n) is 6.83. The standard InChI is InChI=1S/C30H40O7S/c1-20(14-16-36-23(4)31)17-25(37-24(5)32)18-21(2)19-28(38(34,35)26-11-9-8-10-12-26)29-22(3)27(33)13-15-30(29,6)7/h8-12,14,18,25,28H,13,15-17,19H2,1-7H3/b20-14+,21-18+. The highest BCUT2D eigenvalue weighted by Crippen LogP contribution is 2.45. The fourth-order valence-electron chi connectivity index (χ4n) is 4.95. The van der Waals surface area contributed by atoms with Crippen LogP contribution in [0.1, 0.15) is 74.1 Å². The SMILES string of the molecule is CC(=O)OC/C=C(\C)CC(/C=C(\C)CC(C1=C(C)C(=O)CCC1(C)C)S(=O)(=O)c1ccccc1)OC(C)=O. The molecule has 0 fully saturated rings. The van der Waals surface area contributed by atoms with Crippen LogP contribution in [-0.4, -0.2) is 44.1 Å². The maximum Gasteiger partial charge on any atom is 0.303 e. The van der Waals surface area contributed by atoms with Gasteiger partial charge in [0.2, 0.25) is 0 Å². The van der Waals surface area contributed by atoms with E-state index in [0.29, 0.717) is 30.4 Å².